The van der Waals surface area contributed by atoms with E-state index in [1.807, 2.05) is 32.0 Å². The van der Waals surface area contributed by atoms with Gasteiger partial charge in [-0.25, -0.2) is 4.39 Å². The second-order valence-electron chi connectivity index (χ2n) is 7.28. The summed E-state index contributed by atoms with van der Waals surface area (Å²) in [5.74, 6) is -0.328. The zero-order valence-corrected chi connectivity index (χ0v) is 18.3. The van der Waals surface area contributed by atoms with E-state index in [0.717, 1.165) is 0 Å². The van der Waals surface area contributed by atoms with Gasteiger partial charge in [-0.3, -0.25) is 9.59 Å². The molecule has 0 unspecified atom stereocenters. The summed E-state index contributed by atoms with van der Waals surface area (Å²) in [5.41, 5.74) is 0.699. The molecule has 0 saturated carbocycles. The molecule has 0 saturated heterocycles. The maximum absolute atomic E-state index is 13.7. The number of anilines is 1. The second-order valence-corrected chi connectivity index (χ2v) is 8.22. The fourth-order valence-electron chi connectivity index (χ4n) is 2.95. The Balaban J connectivity index is 1.66. The SMILES string of the molecule is CC(C)[C@@H](NC(=O)c1ccccc1)c1nnc(SCC(=O)Nc2ccccc2F)n1C. The molecule has 3 rings (SSSR count). The number of benzene rings is 2. The Morgan fingerprint density at radius 3 is 2.42 bits per heavy atom. The number of hydrogen-bond acceptors (Lipinski definition) is 5. The smallest absolute Gasteiger partial charge is 0.251 e. The van der Waals surface area contributed by atoms with Gasteiger partial charge < -0.3 is 15.2 Å². The van der Waals surface area contributed by atoms with E-state index >= 15 is 0 Å². The first kappa shape index (κ1) is 22.5. The van der Waals surface area contributed by atoms with Crippen molar-refractivity contribution in [2.24, 2.45) is 13.0 Å². The summed E-state index contributed by atoms with van der Waals surface area (Å²) < 4.78 is 15.5. The van der Waals surface area contributed by atoms with Crippen LogP contribution in [-0.2, 0) is 11.8 Å². The Hall–Kier alpha value is -3.20. The van der Waals surface area contributed by atoms with Crippen LogP contribution < -0.4 is 10.6 Å². The van der Waals surface area contributed by atoms with Crippen LogP contribution in [0.1, 0.15) is 36.1 Å². The number of amides is 2. The van der Waals surface area contributed by atoms with Crippen LogP contribution in [0.15, 0.2) is 59.8 Å². The first-order valence-electron chi connectivity index (χ1n) is 9.79. The fourth-order valence-corrected chi connectivity index (χ4v) is 3.66. The third-order valence-electron chi connectivity index (χ3n) is 4.62. The van der Waals surface area contributed by atoms with Gasteiger partial charge >= 0.3 is 0 Å². The van der Waals surface area contributed by atoms with Crippen molar-refractivity contribution in [1.82, 2.24) is 20.1 Å². The van der Waals surface area contributed by atoms with Crippen molar-refractivity contribution < 1.29 is 14.0 Å². The molecule has 2 aromatic carbocycles. The van der Waals surface area contributed by atoms with Crippen molar-refractivity contribution in [3.63, 3.8) is 0 Å². The van der Waals surface area contributed by atoms with Gasteiger partial charge in [-0.15, -0.1) is 10.2 Å². The third kappa shape index (κ3) is 5.69. The zero-order valence-electron chi connectivity index (χ0n) is 17.5. The summed E-state index contributed by atoms with van der Waals surface area (Å²) in [6.07, 6.45) is 0. The molecule has 0 fully saturated rings. The minimum absolute atomic E-state index is 0.0447. The largest absolute Gasteiger partial charge is 0.342 e. The van der Waals surface area contributed by atoms with Crippen LogP contribution in [-0.4, -0.2) is 32.3 Å². The molecule has 0 radical (unpaired) electrons. The Morgan fingerprint density at radius 1 is 1.06 bits per heavy atom. The Labute approximate surface area is 184 Å². The summed E-state index contributed by atoms with van der Waals surface area (Å²) in [5, 5.41) is 14.5. The van der Waals surface area contributed by atoms with Crippen molar-refractivity contribution >= 4 is 29.3 Å². The van der Waals surface area contributed by atoms with E-state index in [2.05, 4.69) is 20.8 Å². The van der Waals surface area contributed by atoms with Crippen LogP contribution in [0.5, 0.6) is 0 Å². The highest BCUT2D eigenvalue weighted by Crippen LogP contribution is 2.24. The number of halogens is 1. The quantitative estimate of drug-likeness (QED) is 0.519. The molecule has 31 heavy (non-hydrogen) atoms. The zero-order chi connectivity index (χ0) is 22.4. The standard InChI is InChI=1S/C22H24FN5O2S/c1-14(2)19(25-21(30)15-9-5-4-6-10-15)20-26-27-22(28(20)3)31-13-18(29)24-17-12-8-7-11-16(17)23/h4-12,14,19H,13H2,1-3H3,(H,24,29)(H,25,30)/t19-/m1/s1. The van der Waals surface area contributed by atoms with Crippen LogP contribution in [0.25, 0.3) is 0 Å². The van der Waals surface area contributed by atoms with Crippen molar-refractivity contribution in [2.75, 3.05) is 11.1 Å². The average Bonchev–Trinajstić information content (AvgIpc) is 3.12. The van der Waals surface area contributed by atoms with Crippen molar-refractivity contribution in [2.45, 2.75) is 25.0 Å². The molecule has 9 heteroatoms. The monoisotopic (exact) mass is 441 g/mol. The highest BCUT2D eigenvalue weighted by molar-refractivity contribution is 7.99. The van der Waals surface area contributed by atoms with E-state index in [9.17, 15) is 14.0 Å². The molecule has 1 heterocycles. The van der Waals surface area contributed by atoms with Crippen LogP contribution in [0.3, 0.4) is 0 Å². The van der Waals surface area contributed by atoms with Gasteiger partial charge in [0.15, 0.2) is 11.0 Å². The summed E-state index contributed by atoms with van der Waals surface area (Å²) in [4.78, 5) is 24.8. The number of rotatable bonds is 8. The predicted octanol–water partition coefficient (Wildman–Crippen LogP) is 3.81. The Morgan fingerprint density at radius 2 is 1.74 bits per heavy atom. The lowest BCUT2D eigenvalue weighted by Gasteiger charge is -2.21. The molecule has 0 spiro atoms. The van der Waals surface area contributed by atoms with Gasteiger partial charge in [-0.2, -0.15) is 0 Å². The van der Waals surface area contributed by atoms with E-state index in [1.54, 1.807) is 35.9 Å². The van der Waals surface area contributed by atoms with E-state index in [0.29, 0.717) is 16.5 Å². The number of nitrogens with zero attached hydrogens (tertiary/aromatic N) is 3. The molecule has 0 aliphatic rings. The van der Waals surface area contributed by atoms with Gasteiger partial charge in [0, 0.05) is 12.6 Å². The lowest BCUT2D eigenvalue weighted by Crippen LogP contribution is -2.33. The number of hydrogen-bond donors (Lipinski definition) is 2. The van der Waals surface area contributed by atoms with Gasteiger partial charge in [-0.1, -0.05) is 55.9 Å². The van der Waals surface area contributed by atoms with Gasteiger partial charge in [0.2, 0.25) is 5.91 Å². The van der Waals surface area contributed by atoms with Crippen molar-refractivity contribution in [1.29, 1.82) is 0 Å². The maximum atomic E-state index is 13.7. The molecule has 2 amide bonds. The van der Waals surface area contributed by atoms with E-state index in [4.69, 9.17) is 0 Å². The normalized spacial score (nSPS) is 11.9. The van der Waals surface area contributed by atoms with Crippen LogP contribution >= 0.6 is 11.8 Å². The number of nitrogens with one attached hydrogen (secondary N) is 2. The number of carbonyl (C=O) groups excluding carboxylic acids is 2. The molecule has 3 aromatic rings. The van der Waals surface area contributed by atoms with Gasteiger partial charge in [0.1, 0.15) is 5.82 Å². The molecule has 7 nitrogen and oxygen atoms in total. The lowest BCUT2D eigenvalue weighted by molar-refractivity contribution is -0.113. The minimum Gasteiger partial charge on any atom is -0.342 e. The first-order chi connectivity index (χ1) is 14.9. The fraction of sp³-hybridized carbons (Fsp3) is 0.273. The van der Waals surface area contributed by atoms with Crippen LogP contribution in [0.2, 0.25) is 0 Å². The lowest BCUT2D eigenvalue weighted by atomic mass is 10.0. The molecule has 0 aliphatic carbocycles. The van der Waals surface area contributed by atoms with Crippen molar-refractivity contribution in [3.05, 3.63) is 71.8 Å². The Kier molecular flexibility index (Phi) is 7.41. The van der Waals surface area contributed by atoms with Crippen LogP contribution in [0.4, 0.5) is 10.1 Å². The number of aromatic nitrogens is 3. The second kappa shape index (κ2) is 10.2. The minimum atomic E-state index is -0.490. The van der Waals surface area contributed by atoms with Gasteiger partial charge in [0.05, 0.1) is 17.5 Å². The maximum Gasteiger partial charge on any atom is 0.251 e. The molecule has 0 bridgehead atoms. The number of carbonyl (C=O) groups is 2. The van der Waals surface area contributed by atoms with E-state index in [1.165, 1.54) is 23.9 Å². The molecule has 1 atom stereocenters. The Bertz CT molecular complexity index is 1060. The van der Waals surface area contributed by atoms with Crippen molar-refractivity contribution in [3.8, 4) is 0 Å². The van der Waals surface area contributed by atoms with Gasteiger partial charge in [-0.05, 0) is 30.2 Å². The molecule has 2 N–H and O–H groups in total. The molecule has 1 aromatic heterocycles. The summed E-state index contributed by atoms with van der Waals surface area (Å²) >= 11 is 1.19. The third-order valence-corrected chi connectivity index (χ3v) is 5.64. The van der Waals surface area contributed by atoms with E-state index in [-0.39, 0.29) is 35.2 Å². The van der Waals surface area contributed by atoms with Crippen LogP contribution in [0, 0.1) is 11.7 Å². The van der Waals surface area contributed by atoms with Gasteiger partial charge in [0.25, 0.3) is 5.91 Å². The average molecular weight is 442 g/mol. The highest BCUT2D eigenvalue weighted by atomic mass is 32.2. The predicted molar refractivity (Wildman–Crippen MR) is 118 cm³/mol. The molecular formula is C22H24FN5O2S. The molecule has 162 valence electrons. The summed E-state index contributed by atoms with van der Waals surface area (Å²) in [7, 11) is 1.79. The number of para-hydroxylation sites is 1. The van der Waals surface area contributed by atoms with E-state index < -0.39 is 5.82 Å². The molecular weight excluding hydrogens is 417 g/mol. The summed E-state index contributed by atoms with van der Waals surface area (Å²) in [6.45, 7) is 3.97. The topological polar surface area (TPSA) is 88.9 Å². The summed E-state index contributed by atoms with van der Waals surface area (Å²) in [6, 6.07) is 14.6. The number of thioether (sulfide) groups is 1. The molecule has 0 aliphatic heterocycles. The first-order valence-corrected chi connectivity index (χ1v) is 10.8. The highest BCUT2D eigenvalue weighted by Gasteiger charge is 2.25.